The van der Waals surface area contributed by atoms with Gasteiger partial charge < -0.3 is 9.84 Å². The van der Waals surface area contributed by atoms with E-state index in [1.54, 1.807) is 6.07 Å². The van der Waals surface area contributed by atoms with Crippen molar-refractivity contribution in [1.82, 2.24) is 14.9 Å². The lowest BCUT2D eigenvalue weighted by atomic mass is 9.93. The maximum atomic E-state index is 13.0. The Hall–Kier alpha value is -2.89. The molecule has 0 aliphatic heterocycles. The van der Waals surface area contributed by atoms with Gasteiger partial charge in [-0.3, -0.25) is 4.79 Å². The van der Waals surface area contributed by atoms with Crippen LogP contribution in [-0.2, 0) is 18.3 Å². The van der Waals surface area contributed by atoms with Crippen molar-refractivity contribution >= 4 is 11.7 Å². The first-order valence-electron chi connectivity index (χ1n) is 9.88. The van der Waals surface area contributed by atoms with Gasteiger partial charge in [0.2, 0.25) is 0 Å². The van der Waals surface area contributed by atoms with E-state index in [4.69, 9.17) is 9.62 Å². The van der Waals surface area contributed by atoms with Gasteiger partial charge >= 0.3 is 0 Å². The highest BCUT2D eigenvalue weighted by Gasteiger charge is 2.26. The average molecular weight is 378 g/mol. The van der Waals surface area contributed by atoms with Gasteiger partial charge in [0.1, 0.15) is 5.76 Å². The number of carbonyl (C=O) groups is 1. The molecule has 0 unspecified atom stereocenters. The van der Waals surface area contributed by atoms with Crippen molar-refractivity contribution in [2.75, 3.05) is 5.32 Å². The lowest BCUT2D eigenvalue weighted by Gasteiger charge is -2.11. The second kappa shape index (κ2) is 7.26. The lowest BCUT2D eigenvalue weighted by Crippen LogP contribution is -2.15. The Bertz CT molecular complexity index is 980. The summed E-state index contributed by atoms with van der Waals surface area (Å²) in [6.07, 6.45) is 5.17. The molecule has 1 aromatic carbocycles. The number of anilines is 1. The van der Waals surface area contributed by atoms with E-state index >= 15 is 0 Å². The predicted octanol–water partition coefficient (Wildman–Crippen LogP) is 4.68. The van der Waals surface area contributed by atoms with E-state index < -0.39 is 0 Å². The van der Waals surface area contributed by atoms with Crippen LogP contribution < -0.4 is 5.32 Å². The zero-order valence-electron chi connectivity index (χ0n) is 16.7. The maximum Gasteiger partial charge on any atom is 0.277 e. The lowest BCUT2D eigenvalue weighted by molar-refractivity contribution is 0.102. The third kappa shape index (κ3) is 3.59. The van der Waals surface area contributed by atoms with Crippen LogP contribution in [0.15, 0.2) is 40.9 Å². The van der Waals surface area contributed by atoms with Crippen LogP contribution >= 0.6 is 0 Å². The Morgan fingerprint density at radius 3 is 2.57 bits per heavy atom. The van der Waals surface area contributed by atoms with Crippen LogP contribution in [0.5, 0.6) is 0 Å². The number of carbonyl (C=O) groups excluding carboxylic acids is 1. The van der Waals surface area contributed by atoms with Crippen LogP contribution in [0.3, 0.4) is 0 Å². The van der Waals surface area contributed by atoms with Gasteiger partial charge in [-0.25, -0.2) is 4.68 Å². The molecule has 1 aliphatic rings. The number of aromatic nitrogens is 3. The molecule has 6 nitrogen and oxygen atoms in total. The van der Waals surface area contributed by atoms with E-state index in [1.165, 1.54) is 6.42 Å². The number of para-hydroxylation sites is 1. The van der Waals surface area contributed by atoms with Gasteiger partial charge in [-0.1, -0.05) is 50.5 Å². The summed E-state index contributed by atoms with van der Waals surface area (Å²) in [7, 11) is 0. The molecule has 1 amide bonds. The van der Waals surface area contributed by atoms with Gasteiger partial charge in [0.25, 0.3) is 5.91 Å². The van der Waals surface area contributed by atoms with Crippen molar-refractivity contribution in [1.29, 1.82) is 0 Å². The minimum absolute atomic E-state index is 0.165. The highest BCUT2D eigenvalue weighted by Crippen LogP contribution is 2.28. The topological polar surface area (TPSA) is 73.0 Å². The van der Waals surface area contributed by atoms with Gasteiger partial charge in [0.15, 0.2) is 11.5 Å². The minimum atomic E-state index is -0.235. The molecule has 0 radical (unpaired) electrons. The molecule has 0 saturated heterocycles. The normalized spacial score (nSPS) is 14.4. The van der Waals surface area contributed by atoms with E-state index in [1.807, 2.05) is 55.8 Å². The summed E-state index contributed by atoms with van der Waals surface area (Å²) in [5.41, 5.74) is 3.50. The van der Waals surface area contributed by atoms with Gasteiger partial charge in [-0.05, 0) is 37.8 Å². The zero-order chi connectivity index (χ0) is 19.7. The zero-order valence-corrected chi connectivity index (χ0v) is 16.7. The van der Waals surface area contributed by atoms with Crippen molar-refractivity contribution in [2.24, 2.45) is 0 Å². The summed E-state index contributed by atoms with van der Waals surface area (Å²) in [5, 5.41) is 11.6. The fourth-order valence-electron chi connectivity index (χ4n) is 3.60. The molecule has 0 saturated carbocycles. The SMILES string of the molecule is CC(C)(C)c1cc(NC(=O)c2nn(-c3ccccc3)c3c2CCCCC3)no1. The van der Waals surface area contributed by atoms with E-state index in [2.05, 4.69) is 10.5 Å². The van der Waals surface area contributed by atoms with Crippen LogP contribution in [0.1, 0.15) is 67.5 Å². The predicted molar refractivity (Wildman–Crippen MR) is 108 cm³/mol. The van der Waals surface area contributed by atoms with E-state index in [-0.39, 0.29) is 11.3 Å². The van der Waals surface area contributed by atoms with Gasteiger partial charge in [-0.2, -0.15) is 5.10 Å². The quantitative estimate of drug-likeness (QED) is 0.672. The number of nitrogens with one attached hydrogen (secondary N) is 1. The molecular weight excluding hydrogens is 352 g/mol. The van der Waals surface area contributed by atoms with E-state index in [0.717, 1.165) is 48.4 Å². The first-order chi connectivity index (χ1) is 13.4. The molecule has 2 aromatic heterocycles. The summed E-state index contributed by atoms with van der Waals surface area (Å²) in [6, 6.07) is 11.8. The highest BCUT2D eigenvalue weighted by atomic mass is 16.5. The number of hydrogen-bond acceptors (Lipinski definition) is 4. The van der Waals surface area contributed by atoms with Crippen molar-refractivity contribution in [2.45, 2.75) is 58.3 Å². The molecule has 146 valence electrons. The van der Waals surface area contributed by atoms with Crippen LogP contribution in [-0.4, -0.2) is 20.8 Å². The summed E-state index contributed by atoms with van der Waals surface area (Å²) >= 11 is 0. The molecule has 1 aliphatic carbocycles. The van der Waals surface area contributed by atoms with Crippen molar-refractivity contribution in [3.63, 3.8) is 0 Å². The molecule has 28 heavy (non-hydrogen) atoms. The first-order valence-corrected chi connectivity index (χ1v) is 9.88. The Morgan fingerprint density at radius 1 is 1.11 bits per heavy atom. The van der Waals surface area contributed by atoms with Crippen LogP contribution in [0.4, 0.5) is 5.82 Å². The minimum Gasteiger partial charge on any atom is -0.359 e. The highest BCUT2D eigenvalue weighted by molar-refractivity contribution is 6.03. The first kappa shape index (κ1) is 18.5. The molecule has 0 fully saturated rings. The van der Waals surface area contributed by atoms with Gasteiger partial charge in [0, 0.05) is 22.7 Å². The molecule has 0 atom stereocenters. The Kier molecular flexibility index (Phi) is 4.79. The summed E-state index contributed by atoms with van der Waals surface area (Å²) in [4.78, 5) is 13.0. The molecule has 6 heteroatoms. The molecular formula is C22H26N4O2. The third-order valence-corrected chi connectivity index (χ3v) is 5.14. The van der Waals surface area contributed by atoms with Crippen molar-refractivity contribution in [3.05, 3.63) is 59.1 Å². The van der Waals surface area contributed by atoms with Gasteiger partial charge in [0.05, 0.1) is 5.69 Å². The van der Waals surface area contributed by atoms with Crippen LogP contribution in [0.2, 0.25) is 0 Å². The summed E-state index contributed by atoms with van der Waals surface area (Å²) in [6.45, 7) is 6.13. The molecule has 0 spiro atoms. The second-order valence-corrected chi connectivity index (χ2v) is 8.36. The number of fused-ring (bicyclic) bond motifs is 1. The Balaban J connectivity index is 1.68. The van der Waals surface area contributed by atoms with Crippen molar-refractivity contribution in [3.8, 4) is 5.69 Å². The summed E-state index contributed by atoms with van der Waals surface area (Å²) < 4.78 is 7.31. The molecule has 2 heterocycles. The maximum absolute atomic E-state index is 13.0. The molecule has 4 rings (SSSR count). The Morgan fingerprint density at radius 2 is 1.86 bits per heavy atom. The number of rotatable bonds is 3. The third-order valence-electron chi connectivity index (χ3n) is 5.14. The van der Waals surface area contributed by atoms with Gasteiger partial charge in [-0.15, -0.1) is 0 Å². The summed E-state index contributed by atoms with van der Waals surface area (Å²) in [5.74, 6) is 0.921. The van der Waals surface area contributed by atoms with Crippen molar-refractivity contribution < 1.29 is 9.32 Å². The Labute approximate surface area is 164 Å². The molecule has 3 aromatic rings. The average Bonchev–Trinajstić information content (AvgIpc) is 3.20. The second-order valence-electron chi connectivity index (χ2n) is 8.36. The van der Waals surface area contributed by atoms with E-state index in [9.17, 15) is 4.79 Å². The number of nitrogens with zero attached hydrogens (tertiary/aromatic N) is 3. The number of benzene rings is 1. The van der Waals surface area contributed by atoms with Crippen LogP contribution in [0, 0.1) is 0 Å². The van der Waals surface area contributed by atoms with E-state index in [0.29, 0.717) is 11.5 Å². The fraction of sp³-hybridized carbons (Fsp3) is 0.409. The smallest absolute Gasteiger partial charge is 0.277 e. The largest absolute Gasteiger partial charge is 0.359 e. The standard InChI is InChI=1S/C22H26N4O2/c1-22(2,3)18-14-19(25-28-18)23-21(27)20-16-12-8-5-9-13-17(16)26(24-20)15-10-6-4-7-11-15/h4,6-7,10-11,14H,5,8-9,12-13H2,1-3H3,(H,23,25,27). The molecule has 0 bridgehead atoms. The number of hydrogen-bond donors (Lipinski definition) is 1. The fourth-order valence-corrected chi connectivity index (χ4v) is 3.60. The number of amides is 1. The monoisotopic (exact) mass is 378 g/mol. The molecule has 1 N–H and O–H groups in total. The van der Waals surface area contributed by atoms with Crippen LogP contribution in [0.25, 0.3) is 5.69 Å².